The molecule has 0 saturated heterocycles. The van der Waals surface area contributed by atoms with Crippen LogP contribution in [-0.2, 0) is 4.74 Å². The summed E-state index contributed by atoms with van der Waals surface area (Å²) in [5.41, 5.74) is 2.17. The topological polar surface area (TPSA) is 69.0 Å². The molecule has 0 radical (unpaired) electrons. The number of ether oxygens (including phenoxy) is 2. The zero-order valence-corrected chi connectivity index (χ0v) is 18.0. The highest BCUT2D eigenvalue weighted by atomic mass is 16.6. The van der Waals surface area contributed by atoms with Crippen molar-refractivity contribution in [3.8, 4) is 5.75 Å². The van der Waals surface area contributed by atoms with Crippen LogP contribution in [0.3, 0.4) is 0 Å². The molecule has 1 amide bonds. The van der Waals surface area contributed by atoms with Crippen LogP contribution in [0.2, 0.25) is 0 Å². The van der Waals surface area contributed by atoms with Gasteiger partial charge in [0.15, 0.2) is 0 Å². The van der Waals surface area contributed by atoms with E-state index in [1.54, 1.807) is 18.9 Å². The van der Waals surface area contributed by atoms with Crippen LogP contribution >= 0.6 is 0 Å². The van der Waals surface area contributed by atoms with E-state index < -0.39 is 5.60 Å². The molecule has 6 heteroatoms. The molecule has 1 aromatic heterocycles. The Kier molecular flexibility index (Phi) is 6.75. The van der Waals surface area contributed by atoms with Crippen LogP contribution in [0, 0.1) is 20.8 Å². The Morgan fingerprint density at radius 2 is 1.75 bits per heavy atom. The number of carbonyl (C=O) groups excluding carboxylic acids is 1. The van der Waals surface area contributed by atoms with E-state index >= 15 is 0 Å². The van der Waals surface area contributed by atoms with Gasteiger partial charge in [-0.05, 0) is 72.1 Å². The van der Waals surface area contributed by atoms with Gasteiger partial charge in [0.2, 0.25) is 0 Å². The number of carbonyl (C=O) groups is 1. The van der Waals surface area contributed by atoms with E-state index in [1.165, 1.54) is 0 Å². The van der Waals surface area contributed by atoms with Crippen molar-refractivity contribution < 1.29 is 18.7 Å². The molecular formula is C22H31NO5. The van der Waals surface area contributed by atoms with Gasteiger partial charge >= 0.3 is 11.7 Å². The molecule has 6 nitrogen and oxygen atoms in total. The lowest BCUT2D eigenvalue weighted by molar-refractivity contribution is 0.0294. The molecule has 154 valence electrons. The van der Waals surface area contributed by atoms with Crippen molar-refractivity contribution in [2.75, 3.05) is 20.2 Å². The average molecular weight is 389 g/mol. The number of aryl methyl sites for hydroxylation is 2. The van der Waals surface area contributed by atoms with E-state index in [0.29, 0.717) is 30.0 Å². The molecule has 0 aliphatic carbocycles. The van der Waals surface area contributed by atoms with E-state index in [-0.39, 0.29) is 11.7 Å². The fraction of sp³-hybridized carbons (Fsp3) is 0.545. The minimum Gasteiger partial charge on any atom is -0.493 e. The molecular weight excluding hydrogens is 358 g/mol. The summed E-state index contributed by atoms with van der Waals surface area (Å²) in [4.78, 5) is 25.5. The Bertz CT molecular complexity index is 908. The lowest BCUT2D eigenvalue weighted by Gasteiger charge is -2.24. The molecule has 1 aromatic carbocycles. The van der Waals surface area contributed by atoms with Gasteiger partial charge in [-0.1, -0.05) is 0 Å². The summed E-state index contributed by atoms with van der Waals surface area (Å²) in [6.07, 6.45) is 1.27. The maximum atomic E-state index is 12.0. The number of amides is 1. The third-order valence-electron chi connectivity index (χ3n) is 4.67. The van der Waals surface area contributed by atoms with Crippen molar-refractivity contribution >= 4 is 17.1 Å². The largest absolute Gasteiger partial charge is 0.493 e. The second-order valence-corrected chi connectivity index (χ2v) is 8.16. The van der Waals surface area contributed by atoms with Crippen molar-refractivity contribution in [1.82, 2.24) is 4.90 Å². The molecule has 0 aliphatic heterocycles. The maximum absolute atomic E-state index is 12.0. The van der Waals surface area contributed by atoms with Gasteiger partial charge in [0.25, 0.3) is 0 Å². The Morgan fingerprint density at radius 3 is 2.39 bits per heavy atom. The van der Waals surface area contributed by atoms with E-state index in [2.05, 4.69) is 0 Å². The van der Waals surface area contributed by atoms with Gasteiger partial charge in [0, 0.05) is 30.1 Å². The SMILES string of the molecule is Cc1c(C)c2ccc(OCCCCN(C)C(=O)OC(C)(C)C)c(C)c2oc1=O. The monoisotopic (exact) mass is 389 g/mol. The van der Waals surface area contributed by atoms with Crippen LogP contribution in [-0.4, -0.2) is 36.8 Å². The first-order chi connectivity index (χ1) is 13.0. The van der Waals surface area contributed by atoms with Gasteiger partial charge in [-0.25, -0.2) is 9.59 Å². The molecule has 2 rings (SSSR count). The van der Waals surface area contributed by atoms with Crippen LogP contribution in [0.5, 0.6) is 5.75 Å². The van der Waals surface area contributed by atoms with E-state index in [1.807, 2.05) is 46.8 Å². The second kappa shape index (κ2) is 8.67. The highest BCUT2D eigenvalue weighted by molar-refractivity contribution is 5.85. The predicted octanol–water partition coefficient (Wildman–Crippen LogP) is 4.74. The first kappa shape index (κ1) is 21.8. The lowest BCUT2D eigenvalue weighted by atomic mass is 10.0. The summed E-state index contributed by atoms with van der Waals surface area (Å²) < 4.78 is 16.7. The lowest BCUT2D eigenvalue weighted by Crippen LogP contribution is -2.34. The number of hydrogen-bond donors (Lipinski definition) is 0. The number of nitrogens with zero attached hydrogens (tertiary/aromatic N) is 1. The second-order valence-electron chi connectivity index (χ2n) is 8.16. The van der Waals surface area contributed by atoms with Crippen molar-refractivity contribution in [2.45, 2.75) is 60.0 Å². The molecule has 0 N–H and O–H groups in total. The number of unbranched alkanes of at least 4 members (excludes halogenated alkanes) is 1. The molecule has 0 saturated carbocycles. The molecule has 1 heterocycles. The molecule has 0 spiro atoms. The summed E-state index contributed by atoms with van der Waals surface area (Å²) in [6, 6.07) is 3.84. The maximum Gasteiger partial charge on any atom is 0.410 e. The zero-order valence-electron chi connectivity index (χ0n) is 18.0. The normalized spacial score (nSPS) is 11.5. The highest BCUT2D eigenvalue weighted by Crippen LogP contribution is 2.29. The number of hydrogen-bond acceptors (Lipinski definition) is 5. The molecule has 0 unspecified atom stereocenters. The summed E-state index contributed by atoms with van der Waals surface area (Å²) in [5, 5.41) is 0.931. The third kappa shape index (κ3) is 5.27. The molecule has 0 fully saturated rings. The van der Waals surface area contributed by atoms with Crippen molar-refractivity contribution in [2.24, 2.45) is 0 Å². The van der Waals surface area contributed by atoms with Crippen LogP contribution in [0.15, 0.2) is 21.3 Å². The molecule has 0 aliphatic rings. The Morgan fingerprint density at radius 1 is 1.07 bits per heavy atom. The Balaban J connectivity index is 1.91. The van der Waals surface area contributed by atoms with Gasteiger partial charge in [-0.3, -0.25) is 0 Å². The predicted molar refractivity (Wildman–Crippen MR) is 110 cm³/mol. The average Bonchev–Trinajstić information content (AvgIpc) is 2.60. The van der Waals surface area contributed by atoms with E-state index in [9.17, 15) is 9.59 Å². The van der Waals surface area contributed by atoms with Crippen LogP contribution in [0.25, 0.3) is 11.0 Å². The van der Waals surface area contributed by atoms with Crippen LogP contribution in [0.4, 0.5) is 4.79 Å². The minimum absolute atomic E-state index is 0.310. The number of benzene rings is 1. The van der Waals surface area contributed by atoms with Crippen LogP contribution in [0.1, 0.15) is 50.3 Å². The van der Waals surface area contributed by atoms with Gasteiger partial charge in [0.05, 0.1) is 6.61 Å². The van der Waals surface area contributed by atoms with Crippen molar-refractivity contribution in [3.63, 3.8) is 0 Å². The third-order valence-corrected chi connectivity index (χ3v) is 4.67. The number of fused-ring (bicyclic) bond motifs is 1. The Hall–Kier alpha value is -2.50. The standard InChI is InChI=1S/C22H31NO5/c1-14-15(2)20(24)27-19-16(3)18(11-10-17(14)19)26-13-9-8-12-23(7)21(25)28-22(4,5)6/h10-11H,8-9,12-13H2,1-7H3. The first-order valence-corrected chi connectivity index (χ1v) is 9.62. The summed E-state index contributed by atoms with van der Waals surface area (Å²) in [5.74, 6) is 0.708. The van der Waals surface area contributed by atoms with Crippen LogP contribution < -0.4 is 10.4 Å². The van der Waals surface area contributed by atoms with Gasteiger partial charge in [0.1, 0.15) is 16.9 Å². The van der Waals surface area contributed by atoms with Gasteiger partial charge < -0.3 is 18.8 Å². The molecule has 2 aromatic rings. The fourth-order valence-electron chi connectivity index (χ4n) is 2.85. The van der Waals surface area contributed by atoms with Crippen molar-refractivity contribution in [1.29, 1.82) is 0 Å². The smallest absolute Gasteiger partial charge is 0.410 e. The van der Waals surface area contributed by atoms with E-state index in [4.69, 9.17) is 13.9 Å². The molecule has 28 heavy (non-hydrogen) atoms. The summed E-state index contributed by atoms with van der Waals surface area (Å²) in [7, 11) is 1.73. The number of rotatable bonds is 6. The zero-order chi connectivity index (χ0) is 21.1. The summed E-state index contributed by atoms with van der Waals surface area (Å²) >= 11 is 0. The van der Waals surface area contributed by atoms with Gasteiger partial charge in [-0.2, -0.15) is 0 Å². The van der Waals surface area contributed by atoms with E-state index in [0.717, 1.165) is 29.4 Å². The molecule has 0 bridgehead atoms. The Labute approximate surface area is 166 Å². The van der Waals surface area contributed by atoms with Gasteiger partial charge in [-0.15, -0.1) is 0 Å². The molecule has 0 atom stereocenters. The fourth-order valence-corrected chi connectivity index (χ4v) is 2.85. The quantitative estimate of drug-likeness (QED) is 0.527. The first-order valence-electron chi connectivity index (χ1n) is 9.62. The minimum atomic E-state index is -0.492. The highest BCUT2D eigenvalue weighted by Gasteiger charge is 2.19. The summed E-state index contributed by atoms with van der Waals surface area (Å²) in [6.45, 7) is 12.3. The van der Waals surface area contributed by atoms with Crippen molar-refractivity contribution in [3.05, 3.63) is 39.2 Å².